The molecule has 13 aliphatic rings. The molecule has 0 spiro atoms. The Hall–Kier alpha value is -3.92. The first-order valence-corrected chi connectivity index (χ1v) is 19.4. The number of hydrogen-bond acceptors (Lipinski definition) is 0. The second-order valence-electron chi connectivity index (χ2n) is 17.0. The smallest absolute Gasteiger partial charge is 0.0284 e. The molecule has 0 radical (unpaired) electrons. The number of aromatic nitrogens is 4. The van der Waals surface area contributed by atoms with Gasteiger partial charge in [-0.1, -0.05) is 48.6 Å². The molecule has 12 aliphatic carbocycles. The summed E-state index contributed by atoms with van der Waals surface area (Å²) in [5.41, 5.74) is 25.2. The van der Waals surface area contributed by atoms with Gasteiger partial charge in [-0.05, 0) is 95.9 Å². The van der Waals surface area contributed by atoms with E-state index in [2.05, 4.69) is 68.5 Å². The van der Waals surface area contributed by atoms with Gasteiger partial charge in [-0.25, -0.2) is 0 Å². The van der Waals surface area contributed by atoms with Crippen LogP contribution in [0.15, 0.2) is 48.6 Å². The highest BCUT2D eigenvalue weighted by molar-refractivity contribution is 5.60. The molecule has 0 fully saturated rings. The van der Waals surface area contributed by atoms with Crippen LogP contribution in [0.5, 0.6) is 0 Å². The fourth-order valence-electron chi connectivity index (χ4n) is 13.0. The summed E-state index contributed by atoms with van der Waals surface area (Å²) in [6, 6.07) is 0. The first kappa shape index (κ1) is 26.0. The molecular weight excluding hydrogens is 585 g/mol. The summed E-state index contributed by atoms with van der Waals surface area (Å²) in [4.78, 5) is 16.8. The molecule has 0 amide bonds. The van der Waals surface area contributed by atoms with Crippen molar-refractivity contribution in [3.05, 3.63) is 139 Å². The minimum atomic E-state index is 0.563. The van der Waals surface area contributed by atoms with Crippen molar-refractivity contribution in [3.8, 4) is 0 Å². The second-order valence-corrected chi connectivity index (χ2v) is 17.0. The number of hydrogen-bond donors (Lipinski definition) is 4. The molecule has 5 heterocycles. The molecule has 8 unspecified atom stereocenters. The average Bonchev–Trinajstić information content (AvgIpc) is 3.92. The quantitative estimate of drug-likeness (QED) is 0.123. The maximum absolute atomic E-state index is 4.21. The lowest BCUT2D eigenvalue weighted by Crippen LogP contribution is -2.20. The van der Waals surface area contributed by atoms with Crippen molar-refractivity contribution in [1.29, 1.82) is 0 Å². The van der Waals surface area contributed by atoms with Gasteiger partial charge in [0.2, 0.25) is 0 Å². The Morgan fingerprint density at radius 2 is 0.396 bits per heavy atom. The largest absolute Gasteiger partial charge is 0.361 e. The van der Waals surface area contributed by atoms with E-state index in [9.17, 15) is 0 Å². The van der Waals surface area contributed by atoms with Gasteiger partial charge in [0.25, 0.3) is 0 Å². The van der Waals surface area contributed by atoms with E-state index in [0.29, 0.717) is 47.3 Å². The maximum Gasteiger partial charge on any atom is 0.0284 e. The van der Waals surface area contributed by atoms with Crippen molar-refractivity contribution in [2.24, 2.45) is 0 Å². The van der Waals surface area contributed by atoms with Crippen LogP contribution in [0.25, 0.3) is 0 Å². The van der Waals surface area contributed by atoms with Crippen molar-refractivity contribution in [2.75, 3.05) is 0 Å². The van der Waals surface area contributed by atoms with Crippen LogP contribution >= 0.6 is 0 Å². The highest BCUT2D eigenvalue weighted by atomic mass is 14.8. The Labute approximate surface area is 282 Å². The summed E-state index contributed by atoms with van der Waals surface area (Å²) in [6.45, 7) is 0. The van der Waals surface area contributed by atoms with Crippen LogP contribution in [-0.4, -0.2) is 19.9 Å². The molecule has 1 aliphatic heterocycles. The first-order valence-electron chi connectivity index (χ1n) is 19.4. The minimum absolute atomic E-state index is 0.563. The lowest BCUT2D eigenvalue weighted by atomic mass is 9.69. The number of aromatic amines is 4. The molecule has 4 aromatic rings. The summed E-state index contributed by atoms with van der Waals surface area (Å²) in [7, 11) is 0. The molecule has 48 heavy (non-hydrogen) atoms. The van der Waals surface area contributed by atoms with E-state index in [-0.39, 0.29) is 0 Å². The van der Waals surface area contributed by atoms with E-state index in [1.165, 1.54) is 96.9 Å². The van der Waals surface area contributed by atoms with E-state index in [0.717, 1.165) is 25.7 Å². The van der Waals surface area contributed by atoms with Crippen molar-refractivity contribution in [2.45, 2.75) is 124 Å². The predicted molar refractivity (Wildman–Crippen MR) is 190 cm³/mol. The molecule has 0 aromatic carbocycles. The van der Waals surface area contributed by atoms with E-state index < -0.39 is 0 Å². The Morgan fingerprint density at radius 1 is 0.250 bits per heavy atom. The summed E-state index contributed by atoms with van der Waals surface area (Å²) in [5, 5.41) is 0. The van der Waals surface area contributed by atoms with Crippen molar-refractivity contribution >= 4 is 0 Å². The van der Waals surface area contributed by atoms with Crippen LogP contribution in [0.3, 0.4) is 0 Å². The Kier molecular flexibility index (Phi) is 4.88. The SMILES string of the molecule is C1=CC2CCC1c1c3[nH]c(c12)Cc1[nH]c(c2c1C1C=CC2CC1)Cc1[nH]c(c2c1C1C=CC2CC1)Cc1[nH]c(c2c1C1C=CC2CC1)C3. The Bertz CT molecular complexity index is 1760. The standard InChI is InChI=1S/C44H44N4/c1-2-22-4-3-21(1)37-29-17-31-39-23-5-7-25(8-6-23)41(39)33(46-31)19-35-43-27-13-15-28(16-14-27)44(43)36(48-35)20-34-42-26-11-9-24(10-12-26)40(42)32(47-34)18-30(45-29)38(22)37/h1-2,5,7,9,11,13,15,21-28,45-48H,3-4,6,8,10,12,14,16-20H2. The number of allylic oxidation sites excluding steroid dienone is 8. The highest BCUT2D eigenvalue weighted by Gasteiger charge is 2.42. The molecule has 4 aromatic heterocycles. The zero-order valence-electron chi connectivity index (χ0n) is 27.7. The third-order valence-corrected chi connectivity index (χ3v) is 14.8. The van der Waals surface area contributed by atoms with Crippen molar-refractivity contribution < 1.29 is 0 Å². The lowest BCUT2D eigenvalue weighted by Gasteiger charge is -2.34. The number of H-pyrrole nitrogens is 4. The van der Waals surface area contributed by atoms with Gasteiger partial charge in [-0.15, -0.1) is 0 Å². The lowest BCUT2D eigenvalue weighted by molar-refractivity contribution is 0.545. The normalized spacial score (nSPS) is 33.3. The number of rotatable bonds is 0. The van der Waals surface area contributed by atoms with Crippen LogP contribution in [-0.2, 0) is 25.7 Å². The van der Waals surface area contributed by atoms with E-state index >= 15 is 0 Å². The van der Waals surface area contributed by atoms with Crippen LogP contribution in [0.1, 0.15) is 189 Å². The minimum Gasteiger partial charge on any atom is -0.361 e. The number of fused-ring (bicyclic) bond motifs is 12. The fraction of sp³-hybridized carbons (Fsp3) is 0.455. The van der Waals surface area contributed by atoms with E-state index in [1.807, 2.05) is 0 Å². The van der Waals surface area contributed by atoms with Crippen LogP contribution in [0.2, 0.25) is 0 Å². The molecule has 0 saturated heterocycles. The molecular formula is C44H44N4. The first-order chi connectivity index (χ1) is 23.7. The van der Waals surface area contributed by atoms with Crippen molar-refractivity contribution in [3.63, 3.8) is 0 Å². The predicted octanol–water partition coefficient (Wildman–Crippen LogP) is 9.80. The van der Waals surface area contributed by atoms with Gasteiger partial charge in [0.1, 0.15) is 0 Å². The zero-order chi connectivity index (χ0) is 30.8. The monoisotopic (exact) mass is 628 g/mol. The van der Waals surface area contributed by atoms with Crippen LogP contribution in [0.4, 0.5) is 0 Å². The molecule has 16 bridgehead atoms. The van der Waals surface area contributed by atoms with Gasteiger partial charge in [-0.3, -0.25) is 0 Å². The second kappa shape index (κ2) is 9.00. The maximum atomic E-state index is 4.21. The Balaban J connectivity index is 1.06. The highest BCUT2D eigenvalue weighted by Crippen LogP contribution is 2.55. The molecule has 240 valence electrons. The molecule has 8 atom stereocenters. The molecule has 17 rings (SSSR count). The van der Waals surface area contributed by atoms with Gasteiger partial charge < -0.3 is 19.9 Å². The van der Waals surface area contributed by atoms with Gasteiger partial charge in [-0.2, -0.15) is 0 Å². The molecule has 4 N–H and O–H groups in total. The summed E-state index contributed by atoms with van der Waals surface area (Å²) >= 11 is 0. The summed E-state index contributed by atoms with van der Waals surface area (Å²) in [6.07, 6.45) is 34.8. The topological polar surface area (TPSA) is 63.2 Å². The Morgan fingerprint density at radius 3 is 0.521 bits per heavy atom. The van der Waals surface area contributed by atoms with E-state index in [4.69, 9.17) is 0 Å². The van der Waals surface area contributed by atoms with Gasteiger partial charge in [0.15, 0.2) is 0 Å². The third kappa shape index (κ3) is 3.24. The van der Waals surface area contributed by atoms with Crippen LogP contribution < -0.4 is 0 Å². The fourth-order valence-corrected chi connectivity index (χ4v) is 13.0. The molecule has 4 nitrogen and oxygen atoms in total. The average molecular weight is 629 g/mol. The zero-order valence-corrected chi connectivity index (χ0v) is 27.7. The van der Waals surface area contributed by atoms with Gasteiger partial charge >= 0.3 is 0 Å². The van der Waals surface area contributed by atoms with E-state index in [1.54, 1.807) is 44.5 Å². The molecule has 4 heteroatoms. The molecule has 0 saturated carbocycles. The summed E-state index contributed by atoms with van der Waals surface area (Å²) in [5.74, 6) is 4.50. The van der Waals surface area contributed by atoms with Gasteiger partial charge in [0.05, 0.1) is 0 Å². The van der Waals surface area contributed by atoms with Gasteiger partial charge in [0, 0.05) is 119 Å². The summed E-state index contributed by atoms with van der Waals surface area (Å²) < 4.78 is 0. The third-order valence-electron chi connectivity index (χ3n) is 14.8. The van der Waals surface area contributed by atoms with Crippen molar-refractivity contribution in [1.82, 2.24) is 19.9 Å². The number of nitrogens with one attached hydrogen (secondary N) is 4. The van der Waals surface area contributed by atoms with Crippen LogP contribution in [0, 0.1) is 0 Å².